The lowest BCUT2D eigenvalue weighted by Gasteiger charge is -2.16. The second-order valence-corrected chi connectivity index (χ2v) is 8.55. The lowest BCUT2D eigenvalue weighted by Crippen LogP contribution is -2.31. The Morgan fingerprint density at radius 1 is 1.03 bits per heavy atom. The largest absolute Gasteiger partial charge is 0.468 e. The summed E-state index contributed by atoms with van der Waals surface area (Å²) in [6.07, 6.45) is 1.58. The number of carbonyl (C=O) groups is 3. The van der Waals surface area contributed by atoms with Crippen LogP contribution < -0.4 is 10.2 Å². The molecule has 2 heterocycles. The van der Waals surface area contributed by atoms with E-state index < -0.39 is 0 Å². The number of carbonyl (C=O) groups excluding carboxylic acids is 3. The molecule has 7 heteroatoms. The van der Waals surface area contributed by atoms with E-state index >= 15 is 0 Å². The van der Waals surface area contributed by atoms with Crippen LogP contribution in [-0.4, -0.2) is 17.7 Å². The van der Waals surface area contributed by atoms with Crippen LogP contribution >= 0.6 is 11.8 Å². The molecule has 0 fully saturated rings. The zero-order chi connectivity index (χ0) is 22.8. The molecule has 3 aromatic rings. The van der Waals surface area contributed by atoms with Gasteiger partial charge in [0, 0.05) is 12.6 Å². The van der Waals surface area contributed by atoms with Gasteiger partial charge in [-0.3, -0.25) is 14.4 Å². The molecule has 0 saturated carbocycles. The van der Waals surface area contributed by atoms with Gasteiger partial charge >= 0.3 is 0 Å². The summed E-state index contributed by atoms with van der Waals surface area (Å²) >= 11 is 1.30. The first-order valence-corrected chi connectivity index (χ1v) is 11.1. The highest BCUT2D eigenvalue weighted by molar-refractivity contribution is 8.03. The second kappa shape index (κ2) is 8.88. The average molecular weight is 447 g/mol. The average Bonchev–Trinajstić information content (AvgIpc) is 3.34. The number of hydrogen-bond donors (Lipinski definition) is 1. The van der Waals surface area contributed by atoms with Crippen LogP contribution in [0.5, 0.6) is 0 Å². The van der Waals surface area contributed by atoms with Crippen molar-refractivity contribution in [3.63, 3.8) is 0 Å². The lowest BCUT2D eigenvalue weighted by molar-refractivity contribution is -0.120. The van der Waals surface area contributed by atoms with Crippen molar-refractivity contribution in [2.45, 2.75) is 26.5 Å². The Kier molecular flexibility index (Phi) is 6.01. The van der Waals surface area contributed by atoms with E-state index in [1.807, 2.05) is 38.1 Å². The molecule has 1 aliphatic heterocycles. The van der Waals surface area contributed by atoms with Crippen molar-refractivity contribution in [3.8, 4) is 0 Å². The number of imide groups is 1. The molecule has 4 rings (SSSR count). The summed E-state index contributed by atoms with van der Waals surface area (Å²) in [5, 5.41) is 2.68. The van der Waals surface area contributed by atoms with Gasteiger partial charge in [0.25, 0.3) is 11.8 Å². The number of rotatable bonds is 6. The third kappa shape index (κ3) is 4.24. The predicted octanol–water partition coefficient (Wildman–Crippen LogP) is 5.07. The normalized spacial score (nSPS) is 13.8. The maximum absolute atomic E-state index is 13.5. The molecule has 1 N–H and O–H groups in total. The smallest absolute Gasteiger partial charge is 0.272 e. The Balaban J connectivity index is 1.72. The number of nitrogens with zero attached hydrogens (tertiary/aromatic N) is 1. The minimum Gasteiger partial charge on any atom is -0.468 e. The Morgan fingerprint density at radius 2 is 1.78 bits per heavy atom. The quantitative estimate of drug-likeness (QED) is 0.535. The Bertz CT molecular complexity index is 1230. The van der Waals surface area contributed by atoms with Gasteiger partial charge in [-0.2, -0.15) is 0 Å². The monoisotopic (exact) mass is 446 g/mol. The number of aryl methyl sites for hydroxylation is 2. The van der Waals surface area contributed by atoms with Crippen LogP contribution in [-0.2, 0) is 20.1 Å². The van der Waals surface area contributed by atoms with E-state index in [0.29, 0.717) is 27.6 Å². The number of benzene rings is 2. The first-order valence-electron chi connectivity index (χ1n) is 10.1. The molecular formula is C25H22N2O4S. The molecule has 6 nitrogen and oxygen atoms in total. The summed E-state index contributed by atoms with van der Waals surface area (Å²) in [5.41, 5.74) is 4.20. The van der Waals surface area contributed by atoms with Crippen molar-refractivity contribution < 1.29 is 18.8 Å². The lowest BCUT2D eigenvalue weighted by atomic mass is 9.99. The minimum absolute atomic E-state index is 0.193. The molecule has 0 unspecified atom stereocenters. The second-order valence-electron chi connectivity index (χ2n) is 7.56. The van der Waals surface area contributed by atoms with Crippen LogP contribution in [0.1, 0.15) is 29.4 Å². The summed E-state index contributed by atoms with van der Waals surface area (Å²) < 4.78 is 5.40. The number of nitrogens with one attached hydrogen (secondary N) is 1. The zero-order valence-corrected chi connectivity index (χ0v) is 18.8. The first kappa shape index (κ1) is 21.6. The number of thioether (sulfide) groups is 1. The van der Waals surface area contributed by atoms with Gasteiger partial charge in [-0.15, -0.1) is 11.8 Å². The molecule has 2 aromatic carbocycles. The third-order valence-corrected chi connectivity index (χ3v) is 6.17. The van der Waals surface area contributed by atoms with E-state index in [-0.39, 0.29) is 17.7 Å². The highest BCUT2D eigenvalue weighted by Crippen LogP contribution is 2.40. The van der Waals surface area contributed by atoms with Gasteiger partial charge in [0.2, 0.25) is 5.91 Å². The Labute approximate surface area is 190 Å². The molecule has 0 spiro atoms. The van der Waals surface area contributed by atoms with E-state index in [0.717, 1.165) is 22.5 Å². The minimum atomic E-state index is -0.367. The fourth-order valence-corrected chi connectivity index (χ4v) is 4.65. The van der Waals surface area contributed by atoms with Gasteiger partial charge in [-0.05, 0) is 61.4 Å². The van der Waals surface area contributed by atoms with E-state index in [1.54, 1.807) is 36.6 Å². The molecule has 0 radical (unpaired) electrons. The molecule has 1 aliphatic rings. The summed E-state index contributed by atoms with van der Waals surface area (Å²) in [6.45, 7) is 5.35. The van der Waals surface area contributed by atoms with Gasteiger partial charge in [-0.1, -0.05) is 23.8 Å². The summed E-state index contributed by atoms with van der Waals surface area (Å²) in [5.74, 6) is 0.234. The summed E-state index contributed by atoms with van der Waals surface area (Å²) in [7, 11) is 0. The molecular weight excluding hydrogens is 424 g/mol. The first-order chi connectivity index (χ1) is 15.3. The van der Waals surface area contributed by atoms with Crippen molar-refractivity contribution in [1.82, 2.24) is 0 Å². The number of furan rings is 1. The van der Waals surface area contributed by atoms with Crippen LogP contribution in [0.15, 0.2) is 70.2 Å². The highest BCUT2D eigenvalue weighted by Gasteiger charge is 2.40. The Morgan fingerprint density at radius 3 is 2.41 bits per heavy atom. The maximum atomic E-state index is 13.5. The third-order valence-electron chi connectivity index (χ3n) is 5.08. The van der Waals surface area contributed by atoms with Crippen molar-refractivity contribution in [3.05, 3.63) is 88.2 Å². The molecule has 3 amide bonds. The molecule has 162 valence electrons. The van der Waals surface area contributed by atoms with Crippen LogP contribution in [0.4, 0.5) is 11.4 Å². The predicted molar refractivity (Wildman–Crippen MR) is 126 cm³/mol. The summed E-state index contributed by atoms with van der Waals surface area (Å²) in [6, 6.07) is 16.1. The molecule has 1 aromatic heterocycles. The highest BCUT2D eigenvalue weighted by atomic mass is 32.2. The fraction of sp³-hybridized carbons (Fsp3) is 0.160. The number of anilines is 2. The van der Waals surface area contributed by atoms with Gasteiger partial charge in [-0.25, -0.2) is 4.90 Å². The zero-order valence-electron chi connectivity index (χ0n) is 18.0. The molecule has 0 bridgehead atoms. The molecule has 32 heavy (non-hydrogen) atoms. The number of amides is 3. The van der Waals surface area contributed by atoms with Gasteiger partial charge in [0.1, 0.15) is 5.76 Å². The molecule has 0 atom stereocenters. The summed E-state index contributed by atoms with van der Waals surface area (Å²) in [4.78, 5) is 39.8. The van der Waals surface area contributed by atoms with Crippen LogP contribution in [0.25, 0.3) is 5.57 Å². The van der Waals surface area contributed by atoms with Crippen molar-refractivity contribution >= 4 is 46.4 Å². The van der Waals surface area contributed by atoms with E-state index in [1.165, 1.54) is 23.6 Å². The SMILES string of the molecule is CC(=O)Nc1ccc(N2C(=O)C(SCc3ccco3)=C(c3ccc(C)cc3C)C2=O)cc1. The van der Waals surface area contributed by atoms with Crippen molar-refractivity contribution in [2.75, 3.05) is 10.2 Å². The Hall–Kier alpha value is -3.58. The standard InChI is InChI=1S/C25H22N2O4S/c1-15-6-11-21(16(2)13-15)22-23(32-14-20-5-4-12-31-20)25(30)27(24(22)29)19-9-7-18(8-10-19)26-17(3)28/h4-13H,14H2,1-3H3,(H,26,28). The van der Waals surface area contributed by atoms with Crippen LogP contribution in [0, 0.1) is 13.8 Å². The van der Waals surface area contributed by atoms with Gasteiger partial charge in [0.15, 0.2) is 0 Å². The van der Waals surface area contributed by atoms with Crippen LogP contribution in [0.2, 0.25) is 0 Å². The maximum Gasteiger partial charge on any atom is 0.272 e. The van der Waals surface area contributed by atoms with Crippen molar-refractivity contribution in [2.24, 2.45) is 0 Å². The van der Waals surface area contributed by atoms with Gasteiger partial charge < -0.3 is 9.73 Å². The molecule has 0 saturated heterocycles. The van der Waals surface area contributed by atoms with E-state index in [2.05, 4.69) is 5.32 Å². The fourth-order valence-electron chi connectivity index (χ4n) is 3.64. The number of hydrogen-bond acceptors (Lipinski definition) is 5. The topological polar surface area (TPSA) is 79.6 Å². The van der Waals surface area contributed by atoms with Crippen molar-refractivity contribution in [1.29, 1.82) is 0 Å². The van der Waals surface area contributed by atoms with E-state index in [4.69, 9.17) is 4.42 Å². The van der Waals surface area contributed by atoms with Crippen LogP contribution in [0.3, 0.4) is 0 Å². The van der Waals surface area contributed by atoms with E-state index in [9.17, 15) is 14.4 Å². The molecule has 0 aliphatic carbocycles. The van der Waals surface area contributed by atoms with Gasteiger partial charge in [0.05, 0.1) is 28.2 Å².